The number of thiophene rings is 1. The van der Waals surface area contributed by atoms with Crippen LogP contribution < -0.4 is 10.6 Å². The quantitative estimate of drug-likeness (QED) is 0.308. The molecule has 2 aromatic heterocycles. The van der Waals surface area contributed by atoms with Crippen LogP contribution in [0.2, 0.25) is 0 Å². The number of benzene rings is 1. The van der Waals surface area contributed by atoms with Gasteiger partial charge in [-0.25, -0.2) is 4.79 Å². The van der Waals surface area contributed by atoms with Gasteiger partial charge in [0, 0.05) is 30.1 Å². The number of nitrogens with one attached hydrogen (secondary N) is 2. The number of thiocarbonyl (C=S) groups is 1. The summed E-state index contributed by atoms with van der Waals surface area (Å²) in [4.78, 5) is 13.3. The maximum absolute atomic E-state index is 12.2. The highest BCUT2D eigenvalue weighted by Gasteiger charge is 2.18. The number of ether oxygens (including phenoxy) is 1. The molecule has 2 heterocycles. The average Bonchev–Trinajstić information content (AvgIpc) is 3.27. The van der Waals surface area contributed by atoms with Gasteiger partial charge in [-0.15, -0.1) is 11.3 Å². The standard InChI is InChI=1S/C22H26N4O2S2/c1-15-12-16(2)26(25-15)11-7-10-23-22(29)24-20-19(21(27)28-3)14-18(30-20)13-17-8-5-4-6-9-17/h4-6,8-9,12,14H,7,10-11,13H2,1-3H3,(H2,23,24,29). The van der Waals surface area contributed by atoms with Crippen molar-refractivity contribution in [3.05, 3.63) is 69.9 Å². The van der Waals surface area contributed by atoms with Crippen molar-refractivity contribution in [2.24, 2.45) is 0 Å². The van der Waals surface area contributed by atoms with E-state index in [9.17, 15) is 4.79 Å². The monoisotopic (exact) mass is 442 g/mol. The van der Waals surface area contributed by atoms with Crippen LogP contribution in [0.5, 0.6) is 0 Å². The van der Waals surface area contributed by atoms with Gasteiger partial charge in [-0.2, -0.15) is 5.10 Å². The van der Waals surface area contributed by atoms with Crippen LogP contribution in [-0.2, 0) is 17.7 Å². The first-order chi connectivity index (χ1) is 14.5. The van der Waals surface area contributed by atoms with Crippen LogP contribution >= 0.6 is 23.6 Å². The lowest BCUT2D eigenvalue weighted by Gasteiger charge is -2.11. The van der Waals surface area contributed by atoms with Crippen LogP contribution in [0, 0.1) is 13.8 Å². The zero-order chi connectivity index (χ0) is 21.5. The number of esters is 1. The van der Waals surface area contributed by atoms with E-state index in [1.807, 2.05) is 35.9 Å². The molecule has 0 amide bonds. The van der Waals surface area contributed by atoms with Crippen molar-refractivity contribution in [3.8, 4) is 0 Å². The summed E-state index contributed by atoms with van der Waals surface area (Å²) in [5.41, 5.74) is 3.87. The number of anilines is 1. The predicted octanol–water partition coefficient (Wildman–Crippen LogP) is 4.32. The minimum Gasteiger partial charge on any atom is -0.465 e. The maximum Gasteiger partial charge on any atom is 0.340 e. The van der Waals surface area contributed by atoms with E-state index in [1.165, 1.54) is 24.0 Å². The van der Waals surface area contributed by atoms with Crippen molar-refractivity contribution in [2.75, 3.05) is 19.0 Å². The van der Waals surface area contributed by atoms with Gasteiger partial charge < -0.3 is 15.4 Å². The molecule has 0 aliphatic rings. The second-order valence-electron chi connectivity index (χ2n) is 6.99. The summed E-state index contributed by atoms with van der Waals surface area (Å²) in [6, 6.07) is 14.1. The van der Waals surface area contributed by atoms with E-state index in [4.69, 9.17) is 17.0 Å². The normalized spacial score (nSPS) is 10.6. The molecular formula is C22H26N4O2S2. The van der Waals surface area contributed by atoms with Crippen LogP contribution in [0.15, 0.2) is 42.5 Å². The smallest absolute Gasteiger partial charge is 0.340 e. The third-order valence-corrected chi connectivity index (χ3v) is 5.87. The van der Waals surface area contributed by atoms with Gasteiger partial charge in [0.2, 0.25) is 0 Å². The number of hydrogen-bond acceptors (Lipinski definition) is 5. The molecule has 8 heteroatoms. The van der Waals surface area contributed by atoms with Crippen molar-refractivity contribution in [1.82, 2.24) is 15.1 Å². The molecule has 0 unspecified atom stereocenters. The molecule has 6 nitrogen and oxygen atoms in total. The molecule has 2 N–H and O–H groups in total. The molecule has 3 rings (SSSR count). The van der Waals surface area contributed by atoms with Crippen LogP contribution in [0.3, 0.4) is 0 Å². The Kier molecular flexibility index (Phi) is 7.59. The molecule has 0 radical (unpaired) electrons. The molecule has 158 valence electrons. The van der Waals surface area contributed by atoms with Gasteiger partial charge in [0.15, 0.2) is 5.11 Å². The first-order valence-electron chi connectivity index (χ1n) is 9.77. The van der Waals surface area contributed by atoms with Crippen molar-refractivity contribution in [1.29, 1.82) is 0 Å². The van der Waals surface area contributed by atoms with E-state index in [0.29, 0.717) is 22.2 Å². The average molecular weight is 443 g/mol. The van der Waals surface area contributed by atoms with E-state index in [1.54, 1.807) is 0 Å². The summed E-state index contributed by atoms with van der Waals surface area (Å²) >= 11 is 6.94. The van der Waals surface area contributed by atoms with E-state index < -0.39 is 0 Å². The molecule has 0 aliphatic carbocycles. The summed E-state index contributed by atoms with van der Waals surface area (Å²) in [5, 5.41) is 12.0. The topological polar surface area (TPSA) is 68.2 Å². The van der Waals surface area contributed by atoms with Crippen molar-refractivity contribution < 1.29 is 9.53 Å². The van der Waals surface area contributed by atoms with Gasteiger partial charge in [-0.3, -0.25) is 4.68 Å². The van der Waals surface area contributed by atoms with E-state index in [2.05, 4.69) is 40.9 Å². The number of methoxy groups -OCH3 is 1. The Bertz CT molecular complexity index is 1010. The summed E-state index contributed by atoms with van der Waals surface area (Å²) in [5.74, 6) is -0.375. The fourth-order valence-electron chi connectivity index (χ4n) is 3.16. The third kappa shape index (κ3) is 5.90. The van der Waals surface area contributed by atoms with Crippen molar-refractivity contribution in [3.63, 3.8) is 0 Å². The van der Waals surface area contributed by atoms with Gasteiger partial charge >= 0.3 is 5.97 Å². The minimum atomic E-state index is -0.375. The number of aromatic nitrogens is 2. The van der Waals surface area contributed by atoms with Gasteiger partial charge in [-0.05, 0) is 50.2 Å². The Morgan fingerprint density at radius 3 is 2.67 bits per heavy atom. The third-order valence-electron chi connectivity index (χ3n) is 4.57. The lowest BCUT2D eigenvalue weighted by molar-refractivity contribution is 0.0602. The van der Waals surface area contributed by atoms with Crippen LogP contribution in [0.25, 0.3) is 0 Å². The highest BCUT2D eigenvalue weighted by molar-refractivity contribution is 7.80. The Morgan fingerprint density at radius 1 is 1.23 bits per heavy atom. The van der Waals surface area contributed by atoms with Gasteiger partial charge in [0.25, 0.3) is 0 Å². The van der Waals surface area contributed by atoms with Crippen molar-refractivity contribution >= 4 is 39.6 Å². The van der Waals surface area contributed by atoms with Crippen LogP contribution in [0.4, 0.5) is 5.00 Å². The number of rotatable bonds is 8. The predicted molar refractivity (Wildman–Crippen MR) is 125 cm³/mol. The van der Waals surface area contributed by atoms with E-state index >= 15 is 0 Å². The minimum absolute atomic E-state index is 0.375. The second kappa shape index (κ2) is 10.4. The number of hydrogen-bond donors (Lipinski definition) is 2. The van der Waals surface area contributed by atoms with Gasteiger partial charge in [-0.1, -0.05) is 30.3 Å². The number of aryl methyl sites for hydroxylation is 3. The summed E-state index contributed by atoms with van der Waals surface area (Å²) in [7, 11) is 1.39. The second-order valence-corrected chi connectivity index (χ2v) is 8.54. The summed E-state index contributed by atoms with van der Waals surface area (Å²) < 4.78 is 6.94. The fourth-order valence-corrected chi connectivity index (χ4v) is 4.51. The number of carbonyl (C=O) groups is 1. The first kappa shape index (κ1) is 22.0. The number of carbonyl (C=O) groups excluding carboxylic acids is 1. The molecule has 0 spiro atoms. The zero-order valence-electron chi connectivity index (χ0n) is 17.4. The molecule has 0 aliphatic heterocycles. The molecule has 30 heavy (non-hydrogen) atoms. The van der Waals surface area contributed by atoms with Crippen LogP contribution in [-0.4, -0.2) is 34.5 Å². The van der Waals surface area contributed by atoms with Gasteiger partial charge in [0.1, 0.15) is 5.00 Å². The molecule has 0 atom stereocenters. The Hall–Kier alpha value is -2.71. The van der Waals surface area contributed by atoms with Crippen LogP contribution in [0.1, 0.15) is 38.6 Å². The molecule has 3 aromatic rings. The molecule has 0 fully saturated rings. The lowest BCUT2D eigenvalue weighted by atomic mass is 10.1. The molecular weight excluding hydrogens is 416 g/mol. The summed E-state index contributed by atoms with van der Waals surface area (Å²) in [6.07, 6.45) is 1.64. The Balaban J connectivity index is 1.57. The molecule has 1 aromatic carbocycles. The fraction of sp³-hybridized carbons (Fsp3) is 0.318. The van der Waals surface area contributed by atoms with E-state index in [0.717, 1.165) is 35.7 Å². The zero-order valence-corrected chi connectivity index (χ0v) is 19.0. The molecule has 0 bridgehead atoms. The highest BCUT2D eigenvalue weighted by Crippen LogP contribution is 2.30. The lowest BCUT2D eigenvalue weighted by Crippen LogP contribution is -2.30. The van der Waals surface area contributed by atoms with Crippen molar-refractivity contribution in [2.45, 2.75) is 33.2 Å². The maximum atomic E-state index is 12.2. The first-order valence-corrected chi connectivity index (χ1v) is 11.0. The Labute approximate surface area is 186 Å². The summed E-state index contributed by atoms with van der Waals surface area (Å²) in [6.45, 7) is 5.58. The van der Waals surface area contributed by atoms with Gasteiger partial charge in [0.05, 0.1) is 18.4 Å². The SMILES string of the molecule is COC(=O)c1cc(Cc2ccccc2)sc1NC(=S)NCCCn1nc(C)cc1C. The molecule has 0 saturated carbocycles. The van der Waals surface area contributed by atoms with E-state index in [-0.39, 0.29) is 5.97 Å². The largest absolute Gasteiger partial charge is 0.465 e. The Morgan fingerprint density at radius 2 is 2.00 bits per heavy atom. The highest BCUT2D eigenvalue weighted by atomic mass is 32.1. The molecule has 0 saturated heterocycles. The number of nitrogens with zero attached hydrogens (tertiary/aromatic N) is 2.